The first kappa shape index (κ1) is 15.7. The van der Waals surface area contributed by atoms with Crippen molar-refractivity contribution in [3.05, 3.63) is 22.3 Å². The van der Waals surface area contributed by atoms with E-state index in [0.717, 1.165) is 42.0 Å². The topological polar surface area (TPSA) is 59.8 Å². The van der Waals surface area contributed by atoms with Crippen molar-refractivity contribution < 1.29 is 10.2 Å². The largest absolute Gasteiger partial charge is 0.392 e. The molecule has 0 radical (unpaired) electrons. The van der Waals surface area contributed by atoms with Crippen LogP contribution < -0.4 is 4.90 Å². The van der Waals surface area contributed by atoms with Gasteiger partial charge in [0.2, 0.25) is 0 Å². The maximum absolute atomic E-state index is 9.86. The Morgan fingerprint density at radius 2 is 1.95 bits per heavy atom. The third kappa shape index (κ3) is 4.15. The molecule has 0 saturated carbocycles. The summed E-state index contributed by atoms with van der Waals surface area (Å²) in [5, 5.41) is 19.3. The van der Waals surface area contributed by atoms with Crippen molar-refractivity contribution in [2.45, 2.75) is 26.1 Å². The summed E-state index contributed by atoms with van der Waals surface area (Å²) in [6.45, 7) is 7.85. The maximum Gasteiger partial charge on any atom is 0.134 e. The molecule has 0 bridgehead atoms. The van der Waals surface area contributed by atoms with Crippen LogP contribution in [0.25, 0.3) is 0 Å². The predicted octanol–water partition coefficient (Wildman–Crippen LogP) is 1.23. The Labute approximate surface area is 128 Å². The van der Waals surface area contributed by atoms with Crippen LogP contribution in [0.1, 0.15) is 19.4 Å². The summed E-state index contributed by atoms with van der Waals surface area (Å²) in [4.78, 5) is 8.87. The molecule has 0 unspecified atom stereocenters. The number of hydrogen-bond acceptors (Lipinski definition) is 5. The van der Waals surface area contributed by atoms with E-state index in [2.05, 4.69) is 30.7 Å². The third-order valence-corrected chi connectivity index (χ3v) is 3.80. The number of halogens is 1. The Morgan fingerprint density at radius 1 is 1.30 bits per heavy atom. The molecule has 1 saturated heterocycles. The number of aliphatic hydroxyl groups is 2. The number of β-amino-alcohol motifs (C(OH)–C–C–N with tert-alkyl or cyclic N) is 1. The Morgan fingerprint density at radius 3 is 2.50 bits per heavy atom. The number of piperazine rings is 1. The van der Waals surface area contributed by atoms with Gasteiger partial charge in [0.25, 0.3) is 0 Å². The lowest BCUT2D eigenvalue weighted by atomic mass is 10.1. The van der Waals surface area contributed by atoms with Gasteiger partial charge in [0.15, 0.2) is 0 Å². The van der Waals surface area contributed by atoms with Crippen LogP contribution in [0.2, 0.25) is 0 Å². The molecular weight excluding hydrogens is 322 g/mol. The molecule has 6 heteroatoms. The zero-order chi connectivity index (χ0) is 14.8. The summed E-state index contributed by atoms with van der Waals surface area (Å²) in [5.41, 5.74) is 0.184. The van der Waals surface area contributed by atoms with Gasteiger partial charge in [-0.05, 0) is 35.8 Å². The first-order valence-corrected chi connectivity index (χ1v) is 7.63. The quantitative estimate of drug-likeness (QED) is 0.860. The fourth-order valence-electron chi connectivity index (χ4n) is 2.54. The number of anilines is 1. The molecule has 1 aromatic rings. The van der Waals surface area contributed by atoms with Gasteiger partial charge < -0.3 is 15.1 Å². The molecule has 0 amide bonds. The normalized spacial score (nSPS) is 17.6. The van der Waals surface area contributed by atoms with Crippen molar-refractivity contribution >= 4 is 21.7 Å². The lowest BCUT2D eigenvalue weighted by molar-refractivity contribution is 0.0344. The third-order valence-electron chi connectivity index (χ3n) is 3.36. The summed E-state index contributed by atoms with van der Waals surface area (Å²) >= 11 is 3.38. The molecule has 1 fully saturated rings. The molecule has 2 rings (SSSR count). The summed E-state index contributed by atoms with van der Waals surface area (Å²) in [5.74, 6) is 0.860. The molecule has 1 aliphatic heterocycles. The SMILES string of the molecule is CC(C)(O)CN1CCN(c2ncc(Br)cc2CO)CC1. The zero-order valence-electron chi connectivity index (χ0n) is 12.0. The second-order valence-corrected chi connectivity index (χ2v) is 6.79. The average molecular weight is 344 g/mol. The lowest BCUT2D eigenvalue weighted by Crippen LogP contribution is -2.50. The highest BCUT2D eigenvalue weighted by atomic mass is 79.9. The zero-order valence-corrected chi connectivity index (χ0v) is 13.6. The lowest BCUT2D eigenvalue weighted by Gasteiger charge is -2.38. The second-order valence-electron chi connectivity index (χ2n) is 5.87. The van der Waals surface area contributed by atoms with Gasteiger partial charge in [-0.3, -0.25) is 4.90 Å². The predicted molar refractivity (Wildman–Crippen MR) is 82.8 cm³/mol. The Bertz CT molecular complexity index is 454. The summed E-state index contributed by atoms with van der Waals surface area (Å²) in [6.07, 6.45) is 1.76. The molecule has 1 aromatic heterocycles. The molecule has 0 aliphatic carbocycles. The van der Waals surface area contributed by atoms with Crippen LogP contribution in [0.5, 0.6) is 0 Å². The van der Waals surface area contributed by atoms with E-state index < -0.39 is 5.60 Å². The van der Waals surface area contributed by atoms with Crippen LogP contribution in [0.4, 0.5) is 5.82 Å². The Hall–Kier alpha value is -0.690. The van der Waals surface area contributed by atoms with E-state index in [1.807, 2.05) is 19.9 Å². The fraction of sp³-hybridized carbons (Fsp3) is 0.643. The van der Waals surface area contributed by atoms with Crippen LogP contribution in [0.15, 0.2) is 16.7 Å². The molecule has 0 atom stereocenters. The van der Waals surface area contributed by atoms with Gasteiger partial charge in [-0.2, -0.15) is 0 Å². The van der Waals surface area contributed by atoms with Gasteiger partial charge in [0, 0.05) is 49.0 Å². The fourth-order valence-corrected chi connectivity index (χ4v) is 2.92. The molecule has 1 aliphatic rings. The van der Waals surface area contributed by atoms with E-state index in [1.165, 1.54) is 0 Å². The molecular formula is C14H22BrN3O2. The van der Waals surface area contributed by atoms with Crippen LogP contribution in [-0.2, 0) is 6.61 Å². The smallest absolute Gasteiger partial charge is 0.134 e. The van der Waals surface area contributed by atoms with Gasteiger partial charge in [-0.15, -0.1) is 0 Å². The number of nitrogens with zero attached hydrogens (tertiary/aromatic N) is 3. The van der Waals surface area contributed by atoms with Crippen molar-refractivity contribution in [2.75, 3.05) is 37.6 Å². The van der Waals surface area contributed by atoms with Gasteiger partial charge in [-0.1, -0.05) is 0 Å². The molecule has 5 nitrogen and oxygen atoms in total. The first-order valence-electron chi connectivity index (χ1n) is 6.84. The number of aliphatic hydroxyl groups excluding tert-OH is 1. The number of hydrogen-bond donors (Lipinski definition) is 2. The van der Waals surface area contributed by atoms with Crippen molar-refractivity contribution in [1.29, 1.82) is 0 Å². The first-order chi connectivity index (χ1) is 9.39. The highest BCUT2D eigenvalue weighted by molar-refractivity contribution is 9.10. The van der Waals surface area contributed by atoms with E-state index in [-0.39, 0.29) is 6.61 Å². The molecule has 0 aromatic carbocycles. The molecule has 20 heavy (non-hydrogen) atoms. The van der Waals surface area contributed by atoms with Crippen molar-refractivity contribution in [3.63, 3.8) is 0 Å². The van der Waals surface area contributed by atoms with E-state index in [9.17, 15) is 10.2 Å². The summed E-state index contributed by atoms with van der Waals surface area (Å²) in [7, 11) is 0. The van der Waals surface area contributed by atoms with Crippen LogP contribution >= 0.6 is 15.9 Å². The molecule has 2 heterocycles. The standard InChI is InChI=1S/C14H22BrN3O2/c1-14(2,20)10-17-3-5-18(6-4-17)13-11(9-19)7-12(15)8-16-13/h7-8,19-20H,3-6,9-10H2,1-2H3. The van der Waals surface area contributed by atoms with E-state index in [1.54, 1.807) is 6.20 Å². The van der Waals surface area contributed by atoms with Crippen molar-refractivity contribution in [3.8, 4) is 0 Å². The average Bonchev–Trinajstić information content (AvgIpc) is 2.38. The number of rotatable bonds is 4. The minimum Gasteiger partial charge on any atom is -0.392 e. The Balaban J connectivity index is 2.00. The van der Waals surface area contributed by atoms with Crippen molar-refractivity contribution in [1.82, 2.24) is 9.88 Å². The molecule has 2 N–H and O–H groups in total. The van der Waals surface area contributed by atoms with Gasteiger partial charge in [0.1, 0.15) is 5.82 Å². The van der Waals surface area contributed by atoms with Gasteiger partial charge in [0.05, 0.1) is 12.2 Å². The van der Waals surface area contributed by atoms with Crippen LogP contribution in [0.3, 0.4) is 0 Å². The molecule has 0 spiro atoms. The van der Waals surface area contributed by atoms with Crippen LogP contribution in [-0.4, -0.2) is 58.4 Å². The highest BCUT2D eigenvalue weighted by Crippen LogP contribution is 2.23. The summed E-state index contributed by atoms with van der Waals surface area (Å²) in [6, 6.07) is 1.91. The highest BCUT2D eigenvalue weighted by Gasteiger charge is 2.24. The van der Waals surface area contributed by atoms with Crippen LogP contribution in [0, 0.1) is 0 Å². The monoisotopic (exact) mass is 343 g/mol. The van der Waals surface area contributed by atoms with E-state index in [4.69, 9.17) is 0 Å². The van der Waals surface area contributed by atoms with E-state index in [0.29, 0.717) is 6.54 Å². The van der Waals surface area contributed by atoms with Gasteiger partial charge in [-0.25, -0.2) is 4.98 Å². The minimum absolute atomic E-state index is 0.00828. The Kier molecular flexibility index (Phi) is 5.01. The summed E-state index contributed by atoms with van der Waals surface area (Å²) < 4.78 is 0.881. The van der Waals surface area contributed by atoms with Crippen molar-refractivity contribution in [2.24, 2.45) is 0 Å². The van der Waals surface area contributed by atoms with E-state index >= 15 is 0 Å². The number of aromatic nitrogens is 1. The minimum atomic E-state index is -0.658. The maximum atomic E-state index is 9.86. The number of pyridine rings is 1. The second kappa shape index (κ2) is 6.39. The van der Waals surface area contributed by atoms with Gasteiger partial charge >= 0.3 is 0 Å². The molecule has 112 valence electrons.